The molecule has 0 radical (unpaired) electrons. The number of aliphatic carboxylic acids is 1. The van der Waals surface area contributed by atoms with Gasteiger partial charge < -0.3 is 55.2 Å². The number of ether oxygens (including phenoxy) is 6. The number of nitrogens with one attached hydrogen (secondary N) is 3. The van der Waals surface area contributed by atoms with E-state index in [0.29, 0.717) is 32.4 Å². The average molecular weight is 1190 g/mol. The SMILES string of the molecule is CCCCCCCCCCCCNC(=O)[C@H](CCCCN)NC(=O)CCCCCCCCCCSCCCCCCCCCCC(=O)NCCO[C@@H]1O[C@H](COC(C)=O)[C@H](OC(C)=O)[C@H](OC(C)=O)[C@H]1OC(C)=O.O=C(O)C(F)(F)F. The number of halogens is 3. The lowest BCUT2D eigenvalue weighted by atomic mass is 9.98. The summed E-state index contributed by atoms with van der Waals surface area (Å²) in [6.07, 6.45) is 22.7. The molecule has 472 valence electrons. The minimum Gasteiger partial charge on any atom is -0.475 e. The summed E-state index contributed by atoms with van der Waals surface area (Å²) in [7, 11) is 0. The molecule has 19 nitrogen and oxygen atoms in total. The Balaban J connectivity index is 0.00000852. The first-order chi connectivity index (χ1) is 38.7. The van der Waals surface area contributed by atoms with Gasteiger partial charge in [-0.1, -0.05) is 142 Å². The first-order valence-corrected chi connectivity index (χ1v) is 31.2. The molecule has 81 heavy (non-hydrogen) atoms. The summed E-state index contributed by atoms with van der Waals surface area (Å²) in [6.45, 7) is 7.91. The highest BCUT2D eigenvalue weighted by Gasteiger charge is 2.52. The summed E-state index contributed by atoms with van der Waals surface area (Å²) < 4.78 is 64.8. The molecule has 1 rings (SSSR count). The Hall–Kier alpha value is -4.22. The number of thioether (sulfide) groups is 1. The number of alkyl halides is 3. The van der Waals surface area contributed by atoms with Gasteiger partial charge in [0, 0.05) is 53.6 Å². The molecule has 23 heteroatoms. The highest BCUT2D eigenvalue weighted by molar-refractivity contribution is 7.99. The third-order valence-electron chi connectivity index (χ3n) is 13.2. The number of esters is 4. The number of carbonyl (C=O) groups is 8. The van der Waals surface area contributed by atoms with Gasteiger partial charge >= 0.3 is 36.0 Å². The van der Waals surface area contributed by atoms with Crippen LogP contribution in [0.1, 0.15) is 234 Å². The minimum atomic E-state index is -5.08. The van der Waals surface area contributed by atoms with Crippen LogP contribution in [0.25, 0.3) is 0 Å². The largest absolute Gasteiger partial charge is 0.490 e. The number of carboxylic acid groups (broad SMARTS) is 1. The van der Waals surface area contributed by atoms with E-state index >= 15 is 0 Å². The molecule has 0 aromatic heterocycles. The maximum atomic E-state index is 12.9. The van der Waals surface area contributed by atoms with Crippen molar-refractivity contribution in [3.63, 3.8) is 0 Å². The molecule has 0 aromatic carbocycles. The summed E-state index contributed by atoms with van der Waals surface area (Å²) in [5.74, 6) is -3.30. The molecule has 0 aliphatic carbocycles. The summed E-state index contributed by atoms with van der Waals surface area (Å²) in [5, 5.41) is 16.0. The van der Waals surface area contributed by atoms with E-state index < -0.39 is 72.8 Å². The van der Waals surface area contributed by atoms with Crippen molar-refractivity contribution in [2.75, 3.05) is 44.4 Å². The topological polar surface area (TPSA) is 274 Å². The fourth-order valence-electron chi connectivity index (χ4n) is 8.95. The first kappa shape index (κ1) is 76.8. The summed E-state index contributed by atoms with van der Waals surface area (Å²) in [6, 6.07) is -0.470. The van der Waals surface area contributed by atoms with Crippen molar-refractivity contribution in [3.05, 3.63) is 0 Å². The summed E-state index contributed by atoms with van der Waals surface area (Å²) in [4.78, 5) is 94.6. The maximum absolute atomic E-state index is 12.9. The molecule has 6 atom stereocenters. The lowest BCUT2D eigenvalue weighted by molar-refractivity contribution is -0.307. The number of rotatable bonds is 48. The Labute approximate surface area is 485 Å². The molecule has 0 bridgehead atoms. The molecule has 0 unspecified atom stereocenters. The van der Waals surface area contributed by atoms with Crippen LogP contribution in [-0.4, -0.2) is 140 Å². The molecule has 1 aliphatic rings. The number of carboxylic acids is 1. The van der Waals surface area contributed by atoms with Crippen molar-refractivity contribution in [2.24, 2.45) is 5.73 Å². The Morgan fingerprint density at radius 1 is 0.556 bits per heavy atom. The van der Waals surface area contributed by atoms with Crippen LogP contribution in [0.4, 0.5) is 13.2 Å². The van der Waals surface area contributed by atoms with Crippen molar-refractivity contribution in [1.29, 1.82) is 0 Å². The molecule has 1 fully saturated rings. The first-order valence-electron chi connectivity index (χ1n) is 30.1. The fourth-order valence-corrected chi connectivity index (χ4v) is 9.98. The number of hydrogen-bond donors (Lipinski definition) is 5. The Morgan fingerprint density at radius 2 is 1.00 bits per heavy atom. The Morgan fingerprint density at radius 3 is 1.47 bits per heavy atom. The molecule has 6 N–H and O–H groups in total. The van der Waals surface area contributed by atoms with Gasteiger partial charge in [0.25, 0.3) is 0 Å². The van der Waals surface area contributed by atoms with Crippen molar-refractivity contribution in [2.45, 2.75) is 277 Å². The van der Waals surface area contributed by atoms with E-state index in [2.05, 4.69) is 34.6 Å². The van der Waals surface area contributed by atoms with Crippen molar-refractivity contribution < 1.29 is 85.1 Å². The minimum absolute atomic E-state index is 0.0201. The van der Waals surface area contributed by atoms with Gasteiger partial charge in [0.15, 0.2) is 24.6 Å². The molecule has 1 saturated heterocycles. The van der Waals surface area contributed by atoms with Gasteiger partial charge in [-0.05, 0) is 69.4 Å². The van der Waals surface area contributed by atoms with E-state index in [1.54, 1.807) is 0 Å². The zero-order valence-electron chi connectivity index (χ0n) is 49.6. The number of hydrogen-bond acceptors (Lipinski definition) is 16. The van der Waals surface area contributed by atoms with Crippen LogP contribution in [0.2, 0.25) is 0 Å². The quantitative estimate of drug-likeness (QED) is 0.0215. The Bertz CT molecular complexity index is 1720. The summed E-state index contributed by atoms with van der Waals surface area (Å²) in [5.41, 5.74) is 5.69. The molecule has 1 heterocycles. The smallest absolute Gasteiger partial charge is 0.475 e. The summed E-state index contributed by atoms with van der Waals surface area (Å²) >= 11 is 2.07. The van der Waals surface area contributed by atoms with Gasteiger partial charge in [0.2, 0.25) is 17.7 Å². The molecule has 0 spiro atoms. The van der Waals surface area contributed by atoms with Crippen LogP contribution in [0, 0.1) is 0 Å². The molecular weight excluding hydrogens is 1080 g/mol. The highest BCUT2D eigenvalue weighted by atomic mass is 32.2. The van der Waals surface area contributed by atoms with Crippen molar-refractivity contribution in [3.8, 4) is 0 Å². The van der Waals surface area contributed by atoms with Gasteiger partial charge in [-0.2, -0.15) is 24.9 Å². The standard InChI is InChI=1S/C56H102N4O13S.C2HF3O2/c1-6-7-8-9-10-11-14-19-24-31-38-59-55(67)48(34-29-30-37-57)60-51(66)36-28-23-18-13-16-21-26-33-42-74-41-32-25-20-15-12-17-22-27-35-50(65)58-39-40-68-56-54(72-47(5)64)53(71-46(4)63)52(70-45(3)62)49(73-56)43-69-44(2)61;3-2(4,5)1(6)7/h48-49,52-54,56H,6-43,57H2,1-5H3,(H,58,65)(H,59,67)(H,60,66);(H,6,7)/t48-,49+,52-,53-,54+,56+;/m0./s1. The van der Waals surface area contributed by atoms with Crippen LogP contribution < -0.4 is 21.7 Å². The second kappa shape index (κ2) is 50.3. The van der Waals surface area contributed by atoms with E-state index in [0.717, 1.165) is 91.4 Å². The van der Waals surface area contributed by atoms with Gasteiger partial charge in [-0.3, -0.25) is 33.6 Å². The molecular formula is C58H103F3N4O15S. The van der Waals surface area contributed by atoms with E-state index in [9.17, 15) is 46.7 Å². The van der Waals surface area contributed by atoms with Crippen molar-refractivity contribution >= 4 is 59.3 Å². The number of amides is 3. The van der Waals surface area contributed by atoms with Gasteiger partial charge in [0.1, 0.15) is 18.8 Å². The Kier molecular flexibility index (Phi) is 47.7. The maximum Gasteiger partial charge on any atom is 0.490 e. The molecule has 3 amide bonds. The van der Waals surface area contributed by atoms with Crippen LogP contribution in [0.3, 0.4) is 0 Å². The number of unbranched alkanes of at least 4 members (excludes halogenated alkanes) is 24. The molecule has 1 aliphatic heterocycles. The lowest BCUT2D eigenvalue weighted by Crippen LogP contribution is -2.63. The molecule has 0 aromatic rings. The fraction of sp³-hybridized carbons (Fsp3) is 0.862. The van der Waals surface area contributed by atoms with Gasteiger partial charge in [-0.15, -0.1) is 0 Å². The highest BCUT2D eigenvalue weighted by Crippen LogP contribution is 2.30. The van der Waals surface area contributed by atoms with Gasteiger partial charge in [-0.25, -0.2) is 4.79 Å². The molecule has 0 saturated carbocycles. The third-order valence-corrected chi connectivity index (χ3v) is 14.4. The zero-order valence-corrected chi connectivity index (χ0v) is 50.4. The van der Waals surface area contributed by atoms with Crippen molar-refractivity contribution in [1.82, 2.24) is 16.0 Å². The normalized spacial score (nSPS) is 17.2. The van der Waals surface area contributed by atoms with Crippen LogP contribution in [0.5, 0.6) is 0 Å². The second-order valence-electron chi connectivity index (χ2n) is 20.7. The second-order valence-corrected chi connectivity index (χ2v) is 22.0. The zero-order chi connectivity index (χ0) is 60.5. The van der Waals surface area contributed by atoms with Crippen LogP contribution in [-0.2, 0) is 66.8 Å². The third kappa shape index (κ3) is 45.0. The number of carbonyl (C=O) groups excluding carboxylic acids is 7. The van der Waals surface area contributed by atoms with E-state index in [-0.39, 0.29) is 37.5 Å². The lowest BCUT2D eigenvalue weighted by Gasteiger charge is -2.44. The monoisotopic (exact) mass is 1180 g/mol. The average Bonchev–Trinajstić information content (AvgIpc) is 3.39. The van der Waals surface area contributed by atoms with E-state index in [4.69, 9.17) is 44.1 Å². The predicted molar refractivity (Wildman–Crippen MR) is 305 cm³/mol. The van der Waals surface area contributed by atoms with Crippen LogP contribution in [0.15, 0.2) is 0 Å². The van der Waals surface area contributed by atoms with E-state index in [1.807, 2.05) is 0 Å². The number of nitrogens with two attached hydrogens (primary N) is 1. The predicted octanol–water partition coefficient (Wildman–Crippen LogP) is 10.2. The van der Waals surface area contributed by atoms with Gasteiger partial charge in [0.05, 0.1) is 6.61 Å². The van der Waals surface area contributed by atoms with Crippen LogP contribution >= 0.6 is 11.8 Å². The van der Waals surface area contributed by atoms with E-state index in [1.165, 1.54) is 128 Å².